The Bertz CT molecular complexity index is 723. The lowest BCUT2D eigenvalue weighted by Crippen LogP contribution is -2.13. The molecule has 7 heteroatoms. The summed E-state index contributed by atoms with van der Waals surface area (Å²) in [6, 6.07) is 5.20. The van der Waals surface area contributed by atoms with Gasteiger partial charge < -0.3 is 10.3 Å². The molecule has 1 aromatic carbocycles. The number of imidazole rings is 1. The highest BCUT2D eigenvalue weighted by Crippen LogP contribution is 2.33. The molecule has 0 spiro atoms. The first kappa shape index (κ1) is 11.8. The lowest BCUT2D eigenvalue weighted by atomic mass is 10.2. The van der Waals surface area contributed by atoms with Gasteiger partial charge in [-0.1, -0.05) is 17.7 Å². The molecule has 18 heavy (non-hydrogen) atoms. The molecule has 2 N–H and O–H groups in total. The summed E-state index contributed by atoms with van der Waals surface area (Å²) in [5, 5.41) is 0.543. The van der Waals surface area contributed by atoms with Crippen molar-refractivity contribution in [2.24, 2.45) is 0 Å². The van der Waals surface area contributed by atoms with E-state index in [9.17, 15) is 8.42 Å². The summed E-state index contributed by atoms with van der Waals surface area (Å²) in [5.74, 6) is 0.620. The van der Waals surface area contributed by atoms with E-state index in [1.807, 2.05) is 6.07 Å². The van der Waals surface area contributed by atoms with Gasteiger partial charge in [-0.25, -0.2) is 13.4 Å². The van der Waals surface area contributed by atoms with E-state index in [4.69, 9.17) is 17.3 Å². The second-order valence-electron chi connectivity index (χ2n) is 4.50. The average Bonchev–Trinajstić information content (AvgIpc) is 2.79. The number of benzene rings is 1. The van der Waals surface area contributed by atoms with Crippen molar-refractivity contribution in [1.29, 1.82) is 0 Å². The Morgan fingerprint density at radius 1 is 1.44 bits per heavy atom. The molecule has 1 aliphatic rings. The maximum atomic E-state index is 11.6. The highest BCUT2D eigenvalue weighted by atomic mass is 35.5. The van der Waals surface area contributed by atoms with Gasteiger partial charge in [0.2, 0.25) is 5.95 Å². The zero-order valence-corrected chi connectivity index (χ0v) is 11.1. The number of anilines is 1. The normalized spacial score (nSPS) is 22.6. The molecule has 3 rings (SSSR count). The van der Waals surface area contributed by atoms with E-state index in [1.165, 1.54) is 0 Å². The summed E-state index contributed by atoms with van der Waals surface area (Å²) in [4.78, 5) is 4.23. The predicted molar refractivity (Wildman–Crippen MR) is 71.5 cm³/mol. The molecular formula is C11H12ClN3O2S. The summed E-state index contributed by atoms with van der Waals surface area (Å²) >= 11 is 6.16. The van der Waals surface area contributed by atoms with E-state index < -0.39 is 9.84 Å². The Kier molecular flexibility index (Phi) is 2.53. The van der Waals surface area contributed by atoms with Gasteiger partial charge in [-0.2, -0.15) is 0 Å². The fourth-order valence-electron chi connectivity index (χ4n) is 2.47. The van der Waals surface area contributed by atoms with Gasteiger partial charge in [0, 0.05) is 0 Å². The molecular weight excluding hydrogens is 274 g/mol. The molecule has 1 aliphatic heterocycles. The zero-order valence-electron chi connectivity index (χ0n) is 9.51. The Labute approximate surface area is 109 Å². The van der Waals surface area contributed by atoms with Gasteiger partial charge in [0.1, 0.15) is 0 Å². The SMILES string of the molecule is Nc1nc2cccc(Cl)c2n1C1CCS(=O)(=O)C1. The number of para-hydroxylation sites is 1. The minimum absolute atomic E-state index is 0.105. The van der Waals surface area contributed by atoms with Crippen LogP contribution in [0.15, 0.2) is 18.2 Å². The number of halogens is 1. The van der Waals surface area contributed by atoms with Crippen LogP contribution < -0.4 is 5.73 Å². The topological polar surface area (TPSA) is 78.0 Å². The summed E-state index contributed by atoms with van der Waals surface area (Å²) in [6.07, 6.45) is 0.559. The van der Waals surface area contributed by atoms with Crippen molar-refractivity contribution in [3.63, 3.8) is 0 Å². The number of hydrogen-bond donors (Lipinski definition) is 1. The standard InChI is InChI=1S/C11H12ClN3O2S/c12-8-2-1-3-9-10(8)15(11(13)14-9)7-4-5-18(16,17)6-7/h1-3,7H,4-6H2,(H2,13,14). The van der Waals surface area contributed by atoms with E-state index in [2.05, 4.69) is 4.98 Å². The lowest BCUT2D eigenvalue weighted by Gasteiger charge is -2.13. The summed E-state index contributed by atoms with van der Waals surface area (Å²) < 4.78 is 24.9. The van der Waals surface area contributed by atoms with Gasteiger partial charge in [0.15, 0.2) is 9.84 Å². The van der Waals surface area contributed by atoms with Gasteiger partial charge in [0.05, 0.1) is 33.6 Å². The van der Waals surface area contributed by atoms with Crippen molar-refractivity contribution < 1.29 is 8.42 Å². The number of nitrogens with two attached hydrogens (primary N) is 1. The van der Waals surface area contributed by atoms with Crippen molar-refractivity contribution in [1.82, 2.24) is 9.55 Å². The largest absolute Gasteiger partial charge is 0.369 e. The van der Waals surface area contributed by atoms with Crippen LogP contribution in [0.4, 0.5) is 5.95 Å². The first-order valence-corrected chi connectivity index (χ1v) is 7.80. The second kappa shape index (κ2) is 3.86. The number of rotatable bonds is 1. The second-order valence-corrected chi connectivity index (χ2v) is 7.14. The Morgan fingerprint density at radius 3 is 2.89 bits per heavy atom. The Morgan fingerprint density at radius 2 is 2.22 bits per heavy atom. The Hall–Kier alpha value is -1.27. The molecule has 1 unspecified atom stereocenters. The molecule has 96 valence electrons. The highest BCUT2D eigenvalue weighted by Gasteiger charge is 2.31. The van der Waals surface area contributed by atoms with Crippen molar-refractivity contribution in [2.75, 3.05) is 17.2 Å². The first-order valence-electron chi connectivity index (χ1n) is 5.60. The maximum absolute atomic E-state index is 11.6. The fraction of sp³-hybridized carbons (Fsp3) is 0.364. The van der Waals surface area contributed by atoms with Crippen LogP contribution in [-0.2, 0) is 9.84 Å². The van der Waals surface area contributed by atoms with Crippen LogP contribution in [0.25, 0.3) is 11.0 Å². The van der Waals surface area contributed by atoms with Crippen molar-refractivity contribution in [3.05, 3.63) is 23.2 Å². The van der Waals surface area contributed by atoms with Gasteiger partial charge >= 0.3 is 0 Å². The van der Waals surface area contributed by atoms with E-state index in [-0.39, 0.29) is 17.5 Å². The summed E-state index contributed by atoms with van der Waals surface area (Å²) in [7, 11) is -2.97. The van der Waals surface area contributed by atoms with E-state index in [1.54, 1.807) is 16.7 Å². The number of fused-ring (bicyclic) bond motifs is 1. The number of nitrogens with zero attached hydrogens (tertiary/aromatic N) is 2. The minimum Gasteiger partial charge on any atom is -0.369 e. The Balaban J connectivity index is 2.20. The highest BCUT2D eigenvalue weighted by molar-refractivity contribution is 7.91. The molecule has 1 saturated heterocycles. The van der Waals surface area contributed by atoms with Crippen molar-refractivity contribution in [3.8, 4) is 0 Å². The fourth-order valence-corrected chi connectivity index (χ4v) is 4.43. The van der Waals surface area contributed by atoms with Crippen LogP contribution in [0.5, 0.6) is 0 Å². The molecule has 1 aromatic heterocycles. The minimum atomic E-state index is -2.97. The molecule has 5 nitrogen and oxygen atoms in total. The smallest absolute Gasteiger partial charge is 0.201 e. The number of nitrogen functional groups attached to an aromatic ring is 1. The lowest BCUT2D eigenvalue weighted by molar-refractivity contribution is 0.575. The van der Waals surface area contributed by atoms with Crippen LogP contribution in [0.2, 0.25) is 5.02 Å². The molecule has 0 amide bonds. The van der Waals surface area contributed by atoms with Gasteiger partial charge in [0.25, 0.3) is 0 Å². The van der Waals surface area contributed by atoms with Crippen LogP contribution in [0, 0.1) is 0 Å². The zero-order chi connectivity index (χ0) is 12.9. The molecule has 2 aromatic rings. The third-order valence-electron chi connectivity index (χ3n) is 3.26. The maximum Gasteiger partial charge on any atom is 0.201 e. The predicted octanol–water partition coefficient (Wildman–Crippen LogP) is 1.63. The van der Waals surface area contributed by atoms with Crippen LogP contribution in [0.1, 0.15) is 12.5 Å². The molecule has 0 aliphatic carbocycles. The monoisotopic (exact) mass is 285 g/mol. The third kappa shape index (κ3) is 1.76. The molecule has 2 heterocycles. The van der Waals surface area contributed by atoms with Crippen LogP contribution in [0.3, 0.4) is 0 Å². The number of sulfone groups is 1. The quantitative estimate of drug-likeness (QED) is 0.864. The van der Waals surface area contributed by atoms with Crippen molar-refractivity contribution in [2.45, 2.75) is 12.5 Å². The molecule has 0 radical (unpaired) electrons. The summed E-state index contributed by atoms with van der Waals surface area (Å²) in [5.41, 5.74) is 7.31. The third-order valence-corrected chi connectivity index (χ3v) is 5.32. The van der Waals surface area contributed by atoms with Gasteiger partial charge in [-0.05, 0) is 18.6 Å². The van der Waals surface area contributed by atoms with Crippen LogP contribution >= 0.6 is 11.6 Å². The van der Waals surface area contributed by atoms with Crippen LogP contribution in [-0.4, -0.2) is 29.5 Å². The van der Waals surface area contributed by atoms with Gasteiger partial charge in [-0.3, -0.25) is 0 Å². The van der Waals surface area contributed by atoms with E-state index in [0.29, 0.717) is 22.9 Å². The number of hydrogen-bond acceptors (Lipinski definition) is 4. The molecule has 0 saturated carbocycles. The summed E-state index contributed by atoms with van der Waals surface area (Å²) in [6.45, 7) is 0. The van der Waals surface area contributed by atoms with E-state index in [0.717, 1.165) is 5.52 Å². The van der Waals surface area contributed by atoms with Crippen molar-refractivity contribution >= 4 is 38.4 Å². The molecule has 1 atom stereocenters. The average molecular weight is 286 g/mol. The number of aromatic nitrogens is 2. The molecule has 0 bridgehead atoms. The molecule has 1 fully saturated rings. The van der Waals surface area contributed by atoms with Gasteiger partial charge in [-0.15, -0.1) is 0 Å². The van der Waals surface area contributed by atoms with E-state index >= 15 is 0 Å². The first-order chi connectivity index (χ1) is 8.48.